The fourth-order valence-corrected chi connectivity index (χ4v) is 3.31. The van der Waals surface area contributed by atoms with E-state index in [0.717, 1.165) is 0 Å². The smallest absolute Gasteiger partial charge is 0.408 e. The van der Waals surface area contributed by atoms with Crippen LogP contribution in [0, 0.1) is 0 Å². The molecular formula is C17H26N4O2. The summed E-state index contributed by atoms with van der Waals surface area (Å²) in [4.78, 5) is 17.9. The topological polar surface area (TPSA) is 91.0 Å². The fraction of sp³-hybridized carbons (Fsp3) is 0.529. The SMILES string of the molecule is C[C@H]1N=C(NN)[C@@H](N(C(=O)O)C(C)(C)C)C[C@H]1c1ccccc1. The molecule has 1 aromatic carbocycles. The van der Waals surface area contributed by atoms with Crippen LogP contribution < -0.4 is 11.3 Å². The molecule has 4 N–H and O–H groups in total. The summed E-state index contributed by atoms with van der Waals surface area (Å²) in [6.07, 6.45) is -0.315. The Kier molecular flexibility index (Phi) is 4.94. The zero-order chi connectivity index (χ0) is 17.2. The summed E-state index contributed by atoms with van der Waals surface area (Å²) >= 11 is 0. The maximum absolute atomic E-state index is 11.8. The van der Waals surface area contributed by atoms with Crippen LogP contribution in [0.4, 0.5) is 4.79 Å². The highest BCUT2D eigenvalue weighted by molar-refractivity contribution is 5.90. The molecule has 0 spiro atoms. The average Bonchev–Trinajstić information content (AvgIpc) is 2.47. The van der Waals surface area contributed by atoms with Gasteiger partial charge < -0.3 is 10.5 Å². The van der Waals surface area contributed by atoms with Crippen LogP contribution in [0.3, 0.4) is 0 Å². The van der Waals surface area contributed by atoms with E-state index >= 15 is 0 Å². The van der Waals surface area contributed by atoms with Gasteiger partial charge in [-0.2, -0.15) is 0 Å². The Hall–Kier alpha value is -2.08. The van der Waals surface area contributed by atoms with Gasteiger partial charge in [-0.15, -0.1) is 0 Å². The van der Waals surface area contributed by atoms with E-state index in [1.54, 1.807) is 0 Å². The minimum atomic E-state index is -0.966. The standard InChI is InChI=1S/C17H26N4O2/c1-11-13(12-8-6-5-7-9-12)10-14(15(19-11)20-18)21(16(22)23)17(2,3)4/h5-9,11,13-14H,10,18H2,1-4H3,(H,19,20)(H,22,23)/t11-,13-,14+/m1/s1. The zero-order valence-electron chi connectivity index (χ0n) is 14.2. The van der Waals surface area contributed by atoms with Gasteiger partial charge in [0.05, 0.1) is 12.1 Å². The number of hydrogen-bond donors (Lipinski definition) is 3. The molecule has 0 saturated heterocycles. The normalized spacial score (nSPS) is 24.7. The highest BCUT2D eigenvalue weighted by atomic mass is 16.4. The second-order valence-corrected chi connectivity index (χ2v) is 6.99. The number of amidine groups is 1. The van der Waals surface area contributed by atoms with Gasteiger partial charge in [0.2, 0.25) is 0 Å². The summed E-state index contributed by atoms with van der Waals surface area (Å²) in [5.74, 6) is 6.31. The Morgan fingerprint density at radius 2 is 1.96 bits per heavy atom. The number of hydrogen-bond acceptors (Lipinski definition) is 4. The predicted octanol–water partition coefficient (Wildman–Crippen LogP) is 2.57. The lowest BCUT2D eigenvalue weighted by Crippen LogP contribution is -2.60. The van der Waals surface area contributed by atoms with Crippen molar-refractivity contribution in [3.05, 3.63) is 35.9 Å². The van der Waals surface area contributed by atoms with Crippen molar-refractivity contribution in [2.24, 2.45) is 10.8 Å². The van der Waals surface area contributed by atoms with E-state index in [4.69, 9.17) is 5.84 Å². The van der Waals surface area contributed by atoms with Gasteiger partial charge in [0.25, 0.3) is 0 Å². The lowest BCUT2D eigenvalue weighted by molar-refractivity contribution is 0.0801. The molecule has 6 nitrogen and oxygen atoms in total. The molecule has 0 unspecified atom stereocenters. The summed E-state index contributed by atoms with van der Waals surface area (Å²) in [7, 11) is 0. The molecule has 0 radical (unpaired) electrons. The molecule has 0 aromatic heterocycles. The molecule has 1 aliphatic heterocycles. The molecule has 1 amide bonds. The lowest BCUT2D eigenvalue weighted by atomic mass is 9.82. The first-order chi connectivity index (χ1) is 10.8. The third-order valence-corrected chi connectivity index (χ3v) is 4.33. The quantitative estimate of drug-likeness (QED) is 0.577. The summed E-state index contributed by atoms with van der Waals surface area (Å²) in [6, 6.07) is 9.75. The van der Waals surface area contributed by atoms with Crippen LogP contribution in [0.1, 0.15) is 45.6 Å². The highest BCUT2D eigenvalue weighted by Gasteiger charge is 2.41. The van der Waals surface area contributed by atoms with Crippen molar-refractivity contribution in [1.82, 2.24) is 10.3 Å². The maximum Gasteiger partial charge on any atom is 0.408 e. The molecule has 1 aromatic rings. The average molecular weight is 318 g/mol. The Morgan fingerprint density at radius 1 is 1.35 bits per heavy atom. The van der Waals surface area contributed by atoms with Crippen LogP contribution in [0.5, 0.6) is 0 Å². The number of benzene rings is 1. The first kappa shape index (κ1) is 17.3. The number of carboxylic acid groups (broad SMARTS) is 1. The van der Waals surface area contributed by atoms with Crippen LogP contribution in [-0.2, 0) is 0 Å². The van der Waals surface area contributed by atoms with Crippen molar-refractivity contribution in [1.29, 1.82) is 0 Å². The first-order valence-electron chi connectivity index (χ1n) is 7.87. The minimum Gasteiger partial charge on any atom is -0.465 e. The Balaban J connectivity index is 2.41. The maximum atomic E-state index is 11.8. The van der Waals surface area contributed by atoms with Crippen LogP contribution in [0.2, 0.25) is 0 Å². The Morgan fingerprint density at radius 3 is 2.43 bits per heavy atom. The highest BCUT2D eigenvalue weighted by Crippen LogP contribution is 2.34. The van der Waals surface area contributed by atoms with Crippen molar-refractivity contribution in [2.75, 3.05) is 0 Å². The lowest BCUT2D eigenvalue weighted by Gasteiger charge is -2.44. The Bertz CT molecular complexity index is 580. The summed E-state index contributed by atoms with van der Waals surface area (Å²) in [5.41, 5.74) is 3.23. The molecule has 0 fully saturated rings. The van der Waals surface area contributed by atoms with Crippen LogP contribution in [0.25, 0.3) is 0 Å². The molecule has 23 heavy (non-hydrogen) atoms. The third-order valence-electron chi connectivity index (χ3n) is 4.33. The van der Waals surface area contributed by atoms with E-state index in [1.807, 2.05) is 45.9 Å². The number of aliphatic imine (C=N–C) groups is 1. The number of nitrogens with two attached hydrogens (primary N) is 1. The summed E-state index contributed by atoms with van der Waals surface area (Å²) in [6.45, 7) is 7.67. The molecule has 126 valence electrons. The molecule has 0 aliphatic carbocycles. The van der Waals surface area contributed by atoms with E-state index in [2.05, 4.69) is 22.6 Å². The molecule has 1 heterocycles. The van der Waals surface area contributed by atoms with Gasteiger partial charge in [-0.3, -0.25) is 9.89 Å². The van der Waals surface area contributed by atoms with Gasteiger partial charge in [-0.1, -0.05) is 30.3 Å². The molecule has 1 aliphatic rings. The van der Waals surface area contributed by atoms with Crippen LogP contribution in [-0.4, -0.2) is 39.6 Å². The number of rotatable bonds is 2. The molecule has 6 heteroatoms. The van der Waals surface area contributed by atoms with E-state index in [1.165, 1.54) is 10.5 Å². The van der Waals surface area contributed by atoms with Gasteiger partial charge in [0, 0.05) is 11.5 Å². The van der Waals surface area contributed by atoms with Crippen molar-refractivity contribution >= 4 is 11.9 Å². The van der Waals surface area contributed by atoms with Crippen molar-refractivity contribution < 1.29 is 9.90 Å². The van der Waals surface area contributed by atoms with Crippen LogP contribution >= 0.6 is 0 Å². The van der Waals surface area contributed by atoms with E-state index in [0.29, 0.717) is 12.3 Å². The first-order valence-corrected chi connectivity index (χ1v) is 7.87. The van der Waals surface area contributed by atoms with E-state index in [9.17, 15) is 9.90 Å². The van der Waals surface area contributed by atoms with E-state index in [-0.39, 0.29) is 18.0 Å². The fourth-order valence-electron chi connectivity index (χ4n) is 3.31. The molecule has 0 saturated carbocycles. The number of nitrogens with one attached hydrogen (secondary N) is 1. The molecular weight excluding hydrogens is 292 g/mol. The monoisotopic (exact) mass is 318 g/mol. The van der Waals surface area contributed by atoms with Crippen molar-refractivity contribution in [3.8, 4) is 0 Å². The van der Waals surface area contributed by atoms with Crippen LogP contribution in [0.15, 0.2) is 35.3 Å². The van der Waals surface area contributed by atoms with Gasteiger partial charge in [0.1, 0.15) is 5.84 Å². The number of carbonyl (C=O) groups is 1. The number of hydrazine groups is 1. The van der Waals surface area contributed by atoms with Gasteiger partial charge in [-0.05, 0) is 39.7 Å². The Labute approximate surface area is 137 Å². The molecule has 0 bridgehead atoms. The van der Waals surface area contributed by atoms with Gasteiger partial charge in [0.15, 0.2) is 0 Å². The predicted molar refractivity (Wildman–Crippen MR) is 91.4 cm³/mol. The summed E-state index contributed by atoms with van der Waals surface area (Å²) < 4.78 is 0. The third kappa shape index (κ3) is 3.64. The second kappa shape index (κ2) is 6.58. The van der Waals surface area contributed by atoms with Gasteiger partial charge >= 0.3 is 6.09 Å². The van der Waals surface area contributed by atoms with Gasteiger partial charge in [-0.25, -0.2) is 10.6 Å². The zero-order valence-corrected chi connectivity index (χ0v) is 14.2. The molecule has 3 atom stereocenters. The van der Waals surface area contributed by atoms with Crippen molar-refractivity contribution in [2.45, 2.75) is 57.7 Å². The largest absolute Gasteiger partial charge is 0.465 e. The number of amides is 1. The second-order valence-electron chi connectivity index (χ2n) is 6.99. The summed E-state index contributed by atoms with van der Waals surface area (Å²) in [5, 5.41) is 9.70. The minimum absolute atomic E-state index is 0.0373. The molecule has 2 rings (SSSR count). The van der Waals surface area contributed by atoms with Crippen molar-refractivity contribution in [3.63, 3.8) is 0 Å². The van der Waals surface area contributed by atoms with E-state index < -0.39 is 11.6 Å². The number of nitrogens with zero attached hydrogens (tertiary/aromatic N) is 2.